The monoisotopic (exact) mass is 290 g/mol. The lowest BCUT2D eigenvalue weighted by molar-refractivity contribution is 0.702. The van der Waals surface area contributed by atoms with Crippen molar-refractivity contribution in [2.75, 3.05) is 10.6 Å². The summed E-state index contributed by atoms with van der Waals surface area (Å²) >= 11 is 0. The van der Waals surface area contributed by atoms with Crippen molar-refractivity contribution in [3.8, 4) is 12.1 Å². The first-order valence-electron chi connectivity index (χ1n) is 7.28. The summed E-state index contributed by atoms with van der Waals surface area (Å²) in [6.45, 7) is 2.13. The third-order valence-electron chi connectivity index (χ3n) is 3.29. The molecule has 2 aromatic carbocycles. The molecule has 0 aliphatic heterocycles. The quantitative estimate of drug-likeness (QED) is 0.786. The summed E-state index contributed by atoms with van der Waals surface area (Å²) in [4.78, 5) is 0. The summed E-state index contributed by atoms with van der Waals surface area (Å²) in [5, 5.41) is 24.5. The highest BCUT2D eigenvalue weighted by atomic mass is 15.1. The van der Waals surface area contributed by atoms with Crippen LogP contribution in [0.2, 0.25) is 0 Å². The van der Waals surface area contributed by atoms with Gasteiger partial charge in [-0.25, -0.2) is 0 Å². The third-order valence-corrected chi connectivity index (χ3v) is 3.29. The number of benzene rings is 2. The van der Waals surface area contributed by atoms with E-state index >= 15 is 0 Å². The minimum atomic E-state index is 0.0888. The lowest BCUT2D eigenvalue weighted by Gasteiger charge is -2.22. The Morgan fingerprint density at radius 1 is 0.818 bits per heavy atom. The second kappa shape index (κ2) is 7.71. The summed E-state index contributed by atoms with van der Waals surface area (Å²) < 4.78 is 0. The summed E-state index contributed by atoms with van der Waals surface area (Å²) in [7, 11) is 0. The van der Waals surface area contributed by atoms with Gasteiger partial charge in [-0.1, -0.05) is 13.3 Å². The molecule has 0 spiro atoms. The van der Waals surface area contributed by atoms with Crippen molar-refractivity contribution >= 4 is 11.4 Å². The molecule has 0 saturated heterocycles. The van der Waals surface area contributed by atoms with E-state index in [0.717, 1.165) is 24.2 Å². The van der Waals surface area contributed by atoms with Crippen LogP contribution in [0.25, 0.3) is 0 Å². The lowest BCUT2D eigenvalue weighted by Crippen LogP contribution is -2.28. The van der Waals surface area contributed by atoms with E-state index in [1.165, 1.54) is 0 Å². The van der Waals surface area contributed by atoms with Gasteiger partial charge in [-0.05, 0) is 55.0 Å². The van der Waals surface area contributed by atoms with Crippen molar-refractivity contribution in [2.45, 2.75) is 25.9 Å². The Labute approximate surface area is 131 Å². The first-order chi connectivity index (χ1) is 10.7. The maximum atomic E-state index is 8.83. The molecular formula is C18H18N4. The Bertz CT molecular complexity index is 616. The van der Waals surface area contributed by atoms with Gasteiger partial charge < -0.3 is 10.6 Å². The van der Waals surface area contributed by atoms with E-state index in [-0.39, 0.29) is 6.17 Å². The minimum Gasteiger partial charge on any atom is -0.365 e. The predicted molar refractivity (Wildman–Crippen MR) is 88.3 cm³/mol. The van der Waals surface area contributed by atoms with E-state index in [9.17, 15) is 0 Å². The predicted octanol–water partition coefficient (Wildman–Crippen LogP) is 4.08. The van der Waals surface area contributed by atoms with Crippen LogP contribution in [-0.2, 0) is 0 Å². The molecular weight excluding hydrogens is 272 g/mol. The van der Waals surface area contributed by atoms with Crippen LogP contribution < -0.4 is 10.6 Å². The maximum Gasteiger partial charge on any atom is 0.0991 e. The first-order valence-corrected chi connectivity index (χ1v) is 7.28. The van der Waals surface area contributed by atoms with Crippen LogP contribution in [0.4, 0.5) is 11.4 Å². The fourth-order valence-electron chi connectivity index (χ4n) is 2.15. The number of hydrogen-bond donors (Lipinski definition) is 2. The van der Waals surface area contributed by atoms with Gasteiger partial charge in [0.15, 0.2) is 0 Å². The highest BCUT2D eigenvalue weighted by molar-refractivity contribution is 5.52. The largest absolute Gasteiger partial charge is 0.365 e. The van der Waals surface area contributed by atoms with Crippen molar-refractivity contribution < 1.29 is 0 Å². The molecule has 0 saturated carbocycles. The van der Waals surface area contributed by atoms with Crippen molar-refractivity contribution in [1.29, 1.82) is 10.5 Å². The second-order valence-electron chi connectivity index (χ2n) is 5.01. The number of nitriles is 2. The molecule has 2 aromatic rings. The van der Waals surface area contributed by atoms with E-state index in [0.29, 0.717) is 11.1 Å². The van der Waals surface area contributed by atoms with Crippen LogP contribution in [0.3, 0.4) is 0 Å². The smallest absolute Gasteiger partial charge is 0.0991 e. The fraction of sp³-hybridized carbons (Fsp3) is 0.222. The van der Waals surface area contributed by atoms with Crippen LogP contribution >= 0.6 is 0 Å². The van der Waals surface area contributed by atoms with Gasteiger partial charge in [-0.15, -0.1) is 0 Å². The molecule has 0 radical (unpaired) electrons. The zero-order valence-electron chi connectivity index (χ0n) is 12.5. The second-order valence-corrected chi connectivity index (χ2v) is 5.01. The van der Waals surface area contributed by atoms with Crippen LogP contribution in [0.15, 0.2) is 48.5 Å². The van der Waals surface area contributed by atoms with Gasteiger partial charge >= 0.3 is 0 Å². The van der Waals surface area contributed by atoms with Gasteiger partial charge in [-0.2, -0.15) is 10.5 Å². The van der Waals surface area contributed by atoms with E-state index in [4.69, 9.17) is 10.5 Å². The molecule has 22 heavy (non-hydrogen) atoms. The zero-order valence-corrected chi connectivity index (χ0v) is 12.5. The van der Waals surface area contributed by atoms with Gasteiger partial charge in [0, 0.05) is 11.4 Å². The normalized spacial score (nSPS) is 9.82. The van der Waals surface area contributed by atoms with Gasteiger partial charge in [0.1, 0.15) is 0 Å². The van der Waals surface area contributed by atoms with Crippen molar-refractivity contribution in [2.24, 2.45) is 0 Å². The highest BCUT2D eigenvalue weighted by Crippen LogP contribution is 2.16. The molecule has 4 heteroatoms. The molecule has 0 amide bonds. The van der Waals surface area contributed by atoms with Gasteiger partial charge in [-0.3, -0.25) is 0 Å². The van der Waals surface area contributed by atoms with Crippen LogP contribution in [0.1, 0.15) is 30.9 Å². The van der Waals surface area contributed by atoms with E-state index < -0.39 is 0 Å². The van der Waals surface area contributed by atoms with Gasteiger partial charge in [0.2, 0.25) is 0 Å². The van der Waals surface area contributed by atoms with E-state index in [2.05, 4.69) is 29.7 Å². The Kier molecular flexibility index (Phi) is 5.40. The number of nitrogens with one attached hydrogen (secondary N) is 2. The molecule has 0 fully saturated rings. The van der Waals surface area contributed by atoms with Gasteiger partial charge in [0.25, 0.3) is 0 Å². The van der Waals surface area contributed by atoms with Crippen LogP contribution in [-0.4, -0.2) is 6.17 Å². The third kappa shape index (κ3) is 4.26. The minimum absolute atomic E-state index is 0.0888. The highest BCUT2D eigenvalue weighted by Gasteiger charge is 2.07. The van der Waals surface area contributed by atoms with Gasteiger partial charge in [0.05, 0.1) is 29.4 Å². The molecule has 2 rings (SSSR count). The van der Waals surface area contributed by atoms with E-state index in [1.807, 2.05) is 24.3 Å². The zero-order chi connectivity index (χ0) is 15.8. The topological polar surface area (TPSA) is 71.6 Å². The summed E-state index contributed by atoms with van der Waals surface area (Å²) in [6.07, 6.45) is 2.09. The lowest BCUT2D eigenvalue weighted by atomic mass is 10.2. The SMILES string of the molecule is CCCC(Nc1ccc(C#N)cc1)Nc1ccc(C#N)cc1. The Balaban J connectivity index is 2.05. The summed E-state index contributed by atoms with van der Waals surface area (Å²) in [5.41, 5.74) is 3.24. The molecule has 0 bridgehead atoms. The number of hydrogen-bond acceptors (Lipinski definition) is 4. The molecule has 0 unspecified atom stereocenters. The average Bonchev–Trinajstić information content (AvgIpc) is 2.56. The molecule has 0 atom stereocenters. The molecule has 2 N–H and O–H groups in total. The summed E-state index contributed by atoms with van der Waals surface area (Å²) in [5.74, 6) is 0. The molecule has 0 aromatic heterocycles. The van der Waals surface area contributed by atoms with Crippen LogP contribution in [0.5, 0.6) is 0 Å². The maximum absolute atomic E-state index is 8.83. The Morgan fingerprint density at radius 3 is 1.55 bits per heavy atom. The van der Waals surface area contributed by atoms with E-state index in [1.54, 1.807) is 24.3 Å². The molecule has 110 valence electrons. The summed E-state index contributed by atoms with van der Waals surface area (Å²) in [6, 6.07) is 19.0. The standard InChI is InChI=1S/C18H18N4/c1-2-3-18(21-16-8-4-14(12-19)5-9-16)22-17-10-6-15(13-20)7-11-17/h4-11,18,21-22H,2-3H2,1H3. The van der Waals surface area contributed by atoms with Crippen molar-refractivity contribution in [3.63, 3.8) is 0 Å². The number of anilines is 2. The average molecular weight is 290 g/mol. The first kappa shape index (κ1) is 15.4. The molecule has 0 heterocycles. The molecule has 4 nitrogen and oxygen atoms in total. The number of nitrogens with zero attached hydrogens (tertiary/aromatic N) is 2. The number of rotatable bonds is 6. The van der Waals surface area contributed by atoms with Crippen LogP contribution in [0, 0.1) is 22.7 Å². The fourth-order valence-corrected chi connectivity index (χ4v) is 2.15. The molecule has 0 aliphatic rings. The van der Waals surface area contributed by atoms with Crippen molar-refractivity contribution in [1.82, 2.24) is 0 Å². The Hall–Kier alpha value is -2.98. The Morgan fingerprint density at radius 2 is 1.23 bits per heavy atom. The van der Waals surface area contributed by atoms with Crippen molar-refractivity contribution in [3.05, 3.63) is 59.7 Å². The molecule has 0 aliphatic carbocycles.